The highest BCUT2D eigenvalue weighted by molar-refractivity contribution is 5.89. The molecule has 0 N–H and O–H groups in total. The quantitative estimate of drug-likeness (QED) is 0.796. The van der Waals surface area contributed by atoms with E-state index in [2.05, 4.69) is 0 Å². The van der Waals surface area contributed by atoms with Crippen LogP contribution in [0.3, 0.4) is 0 Å². The molecule has 25 heavy (non-hydrogen) atoms. The molecule has 0 spiro atoms. The van der Waals surface area contributed by atoms with Crippen LogP contribution in [0.25, 0.3) is 0 Å². The number of alkyl halides is 3. The first-order valence-corrected chi connectivity index (χ1v) is 8.67. The van der Waals surface area contributed by atoms with E-state index in [0.29, 0.717) is 12.1 Å². The molecule has 1 aliphatic carbocycles. The molecule has 0 saturated heterocycles. The summed E-state index contributed by atoms with van der Waals surface area (Å²) in [6.07, 6.45) is -2.33. The molecule has 1 aliphatic heterocycles. The molecular weight excluding hydrogens is 331 g/mol. The Morgan fingerprint density at radius 2 is 1.80 bits per heavy atom. The van der Waals surface area contributed by atoms with Gasteiger partial charge in [0, 0.05) is 31.3 Å². The fraction of sp³-hybridized carbons (Fsp3) is 0.579. The summed E-state index contributed by atoms with van der Waals surface area (Å²) in [7, 11) is 0. The second-order valence-corrected chi connectivity index (χ2v) is 7.47. The van der Waals surface area contributed by atoms with Crippen molar-refractivity contribution in [1.82, 2.24) is 4.90 Å². The standard InChI is InChI=1S/C19H22F3NO2/c1-11(2)16(8-17(24)12-3-4-12)18(25)23-9-13-5-6-15(19(20,21)22)7-14(13)10-23/h5-7,11-12,16H,3-4,8-10H2,1-2H3. The van der Waals surface area contributed by atoms with Gasteiger partial charge in [0.15, 0.2) is 0 Å². The minimum Gasteiger partial charge on any atom is -0.334 e. The molecule has 1 amide bonds. The highest BCUT2D eigenvalue weighted by Gasteiger charge is 2.37. The average molecular weight is 353 g/mol. The van der Waals surface area contributed by atoms with Crippen LogP contribution in [0, 0.1) is 17.8 Å². The third-order valence-electron chi connectivity index (χ3n) is 5.14. The Morgan fingerprint density at radius 3 is 2.36 bits per heavy atom. The maximum absolute atomic E-state index is 12.9. The number of Topliss-reactive ketones (excluding diaryl/α,β-unsaturated/α-hetero) is 1. The molecule has 0 bridgehead atoms. The number of nitrogens with zero attached hydrogens (tertiary/aromatic N) is 1. The fourth-order valence-electron chi connectivity index (χ4n) is 3.36. The average Bonchev–Trinajstić information content (AvgIpc) is 3.29. The lowest BCUT2D eigenvalue weighted by Crippen LogP contribution is -2.36. The lowest BCUT2D eigenvalue weighted by atomic mass is 9.88. The maximum atomic E-state index is 12.9. The van der Waals surface area contributed by atoms with Crippen molar-refractivity contribution in [2.24, 2.45) is 17.8 Å². The summed E-state index contributed by atoms with van der Waals surface area (Å²) in [5.74, 6) is -0.259. The zero-order valence-corrected chi connectivity index (χ0v) is 14.4. The summed E-state index contributed by atoms with van der Waals surface area (Å²) in [5.41, 5.74) is 0.599. The predicted molar refractivity (Wildman–Crippen MR) is 86.4 cm³/mol. The zero-order valence-electron chi connectivity index (χ0n) is 14.4. The van der Waals surface area contributed by atoms with E-state index in [4.69, 9.17) is 0 Å². The monoisotopic (exact) mass is 353 g/mol. The summed E-state index contributed by atoms with van der Waals surface area (Å²) in [5, 5.41) is 0. The predicted octanol–water partition coefficient (Wildman–Crippen LogP) is 4.19. The van der Waals surface area contributed by atoms with E-state index in [1.54, 1.807) is 4.90 Å². The Bertz CT molecular complexity index is 692. The summed E-state index contributed by atoms with van der Waals surface area (Å²) >= 11 is 0. The minimum atomic E-state index is -4.39. The molecule has 1 heterocycles. The van der Waals surface area contributed by atoms with Crippen molar-refractivity contribution >= 4 is 11.7 Å². The molecule has 1 aromatic carbocycles. The van der Waals surface area contributed by atoms with Crippen LogP contribution >= 0.6 is 0 Å². The molecule has 1 unspecified atom stereocenters. The van der Waals surface area contributed by atoms with Gasteiger partial charge in [-0.3, -0.25) is 9.59 Å². The van der Waals surface area contributed by atoms with Crippen LogP contribution in [0.15, 0.2) is 18.2 Å². The van der Waals surface area contributed by atoms with Crippen LogP contribution in [0.1, 0.15) is 49.8 Å². The number of hydrogen-bond acceptors (Lipinski definition) is 2. The molecule has 1 saturated carbocycles. The van der Waals surface area contributed by atoms with E-state index >= 15 is 0 Å². The molecule has 136 valence electrons. The van der Waals surface area contributed by atoms with Crippen LogP contribution in [-0.4, -0.2) is 16.6 Å². The summed E-state index contributed by atoms with van der Waals surface area (Å²) in [6, 6.07) is 3.64. The van der Waals surface area contributed by atoms with Crippen molar-refractivity contribution in [1.29, 1.82) is 0 Å². The van der Waals surface area contributed by atoms with Gasteiger partial charge in [0.25, 0.3) is 0 Å². The molecule has 1 fully saturated rings. The Labute approximate surface area is 145 Å². The van der Waals surface area contributed by atoms with Gasteiger partial charge in [-0.15, -0.1) is 0 Å². The van der Waals surface area contributed by atoms with E-state index in [0.717, 1.165) is 30.5 Å². The number of hydrogen-bond donors (Lipinski definition) is 0. The van der Waals surface area contributed by atoms with Crippen molar-refractivity contribution in [2.45, 2.75) is 52.4 Å². The highest BCUT2D eigenvalue weighted by atomic mass is 19.4. The Kier molecular flexibility index (Phi) is 4.64. The lowest BCUT2D eigenvalue weighted by molar-refractivity contribution is -0.140. The Morgan fingerprint density at radius 1 is 1.16 bits per heavy atom. The van der Waals surface area contributed by atoms with Crippen molar-refractivity contribution in [3.05, 3.63) is 34.9 Å². The number of halogens is 3. The van der Waals surface area contributed by atoms with Crippen molar-refractivity contribution < 1.29 is 22.8 Å². The van der Waals surface area contributed by atoms with Gasteiger partial charge in [-0.2, -0.15) is 13.2 Å². The normalized spacial score (nSPS) is 18.4. The molecule has 0 radical (unpaired) electrons. The largest absolute Gasteiger partial charge is 0.416 e. The molecule has 0 aromatic heterocycles. The smallest absolute Gasteiger partial charge is 0.334 e. The molecule has 1 aromatic rings. The van der Waals surface area contributed by atoms with E-state index in [9.17, 15) is 22.8 Å². The number of fused-ring (bicyclic) bond motifs is 1. The van der Waals surface area contributed by atoms with Gasteiger partial charge in [0.2, 0.25) is 5.91 Å². The molecule has 1 atom stereocenters. The molecule has 6 heteroatoms. The van der Waals surface area contributed by atoms with E-state index in [1.807, 2.05) is 13.8 Å². The van der Waals surface area contributed by atoms with Crippen LogP contribution in [0.4, 0.5) is 13.2 Å². The second-order valence-electron chi connectivity index (χ2n) is 7.47. The Hall–Kier alpha value is -1.85. The highest BCUT2D eigenvalue weighted by Crippen LogP contribution is 2.36. The molecular formula is C19H22F3NO2. The Balaban J connectivity index is 1.72. The first kappa shape index (κ1) is 18.0. The third-order valence-corrected chi connectivity index (χ3v) is 5.14. The minimum absolute atomic E-state index is 0.0182. The third kappa shape index (κ3) is 3.88. The van der Waals surface area contributed by atoms with Crippen LogP contribution in [0.2, 0.25) is 0 Å². The van der Waals surface area contributed by atoms with Crippen LogP contribution in [0.5, 0.6) is 0 Å². The summed E-state index contributed by atoms with van der Waals surface area (Å²) in [6.45, 7) is 4.31. The molecule has 3 nitrogen and oxygen atoms in total. The van der Waals surface area contributed by atoms with Crippen LogP contribution < -0.4 is 0 Å². The summed E-state index contributed by atoms with van der Waals surface area (Å²) in [4.78, 5) is 26.6. The van der Waals surface area contributed by atoms with Crippen molar-refractivity contribution in [3.63, 3.8) is 0 Å². The molecule has 3 rings (SSSR count). The van der Waals surface area contributed by atoms with Crippen molar-refractivity contribution in [3.8, 4) is 0 Å². The number of amides is 1. The maximum Gasteiger partial charge on any atom is 0.416 e. The number of ketones is 1. The molecule has 2 aliphatic rings. The van der Waals surface area contributed by atoms with E-state index in [1.165, 1.54) is 6.07 Å². The van der Waals surface area contributed by atoms with Gasteiger partial charge < -0.3 is 4.90 Å². The number of benzene rings is 1. The van der Waals surface area contributed by atoms with E-state index in [-0.39, 0.29) is 36.5 Å². The van der Waals surface area contributed by atoms with Gasteiger partial charge in [-0.1, -0.05) is 19.9 Å². The van der Waals surface area contributed by atoms with Gasteiger partial charge in [0.1, 0.15) is 5.78 Å². The first-order chi connectivity index (χ1) is 11.7. The first-order valence-electron chi connectivity index (χ1n) is 8.67. The van der Waals surface area contributed by atoms with E-state index < -0.39 is 17.7 Å². The lowest BCUT2D eigenvalue weighted by Gasteiger charge is -2.25. The SMILES string of the molecule is CC(C)C(CC(=O)C1CC1)C(=O)N1Cc2ccc(C(F)(F)F)cc2C1. The zero-order chi connectivity index (χ0) is 18.4. The van der Waals surface area contributed by atoms with Crippen LogP contribution in [-0.2, 0) is 28.9 Å². The fourth-order valence-corrected chi connectivity index (χ4v) is 3.36. The number of carbonyl (C=O) groups excluding carboxylic acids is 2. The van der Waals surface area contributed by atoms with Crippen molar-refractivity contribution in [2.75, 3.05) is 0 Å². The van der Waals surface area contributed by atoms with Gasteiger partial charge in [-0.25, -0.2) is 0 Å². The van der Waals surface area contributed by atoms with Gasteiger partial charge >= 0.3 is 6.18 Å². The number of carbonyl (C=O) groups is 2. The summed E-state index contributed by atoms with van der Waals surface area (Å²) < 4.78 is 38.6. The topological polar surface area (TPSA) is 37.4 Å². The second kappa shape index (κ2) is 6.46. The van der Waals surface area contributed by atoms with Gasteiger partial charge in [-0.05, 0) is 42.0 Å². The van der Waals surface area contributed by atoms with Gasteiger partial charge in [0.05, 0.1) is 5.56 Å². The number of rotatable bonds is 5.